The minimum absolute atomic E-state index is 0.631. The van der Waals surface area contributed by atoms with Crippen LogP contribution in [0.3, 0.4) is 0 Å². The van der Waals surface area contributed by atoms with Crippen molar-refractivity contribution in [2.24, 2.45) is 5.92 Å². The number of nitrogens with one attached hydrogen (secondary N) is 1. The third-order valence-electron chi connectivity index (χ3n) is 3.44. The summed E-state index contributed by atoms with van der Waals surface area (Å²) in [6, 6.07) is 4.86. The lowest BCUT2D eigenvalue weighted by molar-refractivity contribution is 0.384. The molecule has 1 rings (SSSR count). The van der Waals surface area contributed by atoms with Crippen molar-refractivity contribution in [2.75, 3.05) is 0 Å². The molecule has 2 heteroatoms. The van der Waals surface area contributed by atoms with E-state index in [1.54, 1.807) is 0 Å². The minimum atomic E-state index is 0.631. The van der Waals surface area contributed by atoms with Gasteiger partial charge in [-0.25, -0.2) is 0 Å². The van der Waals surface area contributed by atoms with Crippen molar-refractivity contribution in [3.8, 4) is 0 Å². The normalized spacial score (nSPS) is 14.6. The molecule has 0 saturated heterocycles. The summed E-state index contributed by atoms with van der Waals surface area (Å²) in [7, 11) is 0. The van der Waals surface area contributed by atoms with Gasteiger partial charge in [-0.1, -0.05) is 33.3 Å². The van der Waals surface area contributed by atoms with Gasteiger partial charge in [0.15, 0.2) is 0 Å². The van der Waals surface area contributed by atoms with Crippen LogP contribution in [-0.4, -0.2) is 11.0 Å². The maximum Gasteiger partial charge on any atom is 0.0372 e. The fourth-order valence-corrected chi connectivity index (χ4v) is 1.91. The smallest absolute Gasteiger partial charge is 0.0372 e. The fraction of sp³-hybridized carbons (Fsp3) is 0.667. The fourth-order valence-electron chi connectivity index (χ4n) is 1.91. The van der Waals surface area contributed by atoms with Gasteiger partial charge in [0.1, 0.15) is 0 Å². The van der Waals surface area contributed by atoms with E-state index in [9.17, 15) is 0 Å². The lowest BCUT2D eigenvalue weighted by atomic mass is 9.97. The van der Waals surface area contributed by atoms with E-state index < -0.39 is 0 Å². The highest BCUT2D eigenvalue weighted by molar-refractivity contribution is 5.12. The van der Waals surface area contributed by atoms with Crippen LogP contribution >= 0.6 is 0 Å². The molecular weight excluding hydrogens is 208 g/mol. The van der Waals surface area contributed by atoms with Gasteiger partial charge in [0.25, 0.3) is 0 Å². The molecule has 0 radical (unpaired) electrons. The number of hydrogen-bond donors (Lipinski definition) is 1. The monoisotopic (exact) mass is 234 g/mol. The Hall–Kier alpha value is -0.890. The Morgan fingerprint density at radius 1 is 1.24 bits per heavy atom. The maximum absolute atomic E-state index is 4.32. The molecule has 2 unspecified atom stereocenters. The zero-order valence-electron chi connectivity index (χ0n) is 11.7. The van der Waals surface area contributed by atoms with Gasteiger partial charge < -0.3 is 5.32 Å². The van der Waals surface area contributed by atoms with Gasteiger partial charge in [-0.3, -0.25) is 4.98 Å². The van der Waals surface area contributed by atoms with Gasteiger partial charge >= 0.3 is 0 Å². The number of rotatable bonds is 7. The minimum Gasteiger partial charge on any atom is -0.310 e. The Morgan fingerprint density at radius 3 is 2.53 bits per heavy atom. The number of aryl methyl sites for hydroxylation is 1. The van der Waals surface area contributed by atoms with Crippen LogP contribution in [0.2, 0.25) is 0 Å². The van der Waals surface area contributed by atoms with Crippen molar-refractivity contribution in [2.45, 2.75) is 59.5 Å². The topological polar surface area (TPSA) is 24.9 Å². The summed E-state index contributed by atoms with van der Waals surface area (Å²) in [6.07, 6.45) is 5.71. The largest absolute Gasteiger partial charge is 0.310 e. The number of hydrogen-bond acceptors (Lipinski definition) is 2. The van der Waals surface area contributed by atoms with E-state index in [1.807, 2.05) is 13.1 Å². The molecule has 2 atom stereocenters. The average molecular weight is 234 g/mol. The average Bonchev–Trinajstić information content (AvgIpc) is 2.36. The van der Waals surface area contributed by atoms with Crippen LogP contribution in [0.15, 0.2) is 18.3 Å². The van der Waals surface area contributed by atoms with Gasteiger partial charge in [-0.2, -0.15) is 0 Å². The van der Waals surface area contributed by atoms with E-state index >= 15 is 0 Å². The summed E-state index contributed by atoms with van der Waals surface area (Å²) in [5, 5.41) is 3.63. The molecule has 96 valence electrons. The second-order valence-electron chi connectivity index (χ2n) is 5.04. The van der Waals surface area contributed by atoms with Crippen molar-refractivity contribution >= 4 is 0 Å². The first-order valence-electron chi connectivity index (χ1n) is 6.80. The molecule has 1 N–H and O–H groups in total. The van der Waals surface area contributed by atoms with Crippen LogP contribution < -0.4 is 5.32 Å². The molecule has 0 aliphatic heterocycles. The van der Waals surface area contributed by atoms with Crippen LogP contribution in [0.4, 0.5) is 0 Å². The summed E-state index contributed by atoms with van der Waals surface area (Å²) in [6.45, 7) is 9.81. The quantitative estimate of drug-likeness (QED) is 0.778. The molecule has 0 amide bonds. The van der Waals surface area contributed by atoms with Crippen LogP contribution in [0.5, 0.6) is 0 Å². The van der Waals surface area contributed by atoms with Gasteiger partial charge in [0.2, 0.25) is 0 Å². The highest BCUT2D eigenvalue weighted by Crippen LogP contribution is 2.12. The predicted octanol–water partition coefficient (Wildman–Crippen LogP) is 3.69. The van der Waals surface area contributed by atoms with E-state index in [2.05, 4.69) is 43.2 Å². The summed E-state index contributed by atoms with van der Waals surface area (Å²) in [4.78, 5) is 4.32. The standard InChI is InChI=1S/C15H26N2/c1-5-12(3)9-15(6-2)17-11-14-8-7-13(4)16-10-14/h7-8,10,12,15,17H,5-6,9,11H2,1-4H3. The first-order chi connectivity index (χ1) is 8.15. The lowest BCUT2D eigenvalue weighted by Gasteiger charge is -2.20. The van der Waals surface area contributed by atoms with E-state index in [0.717, 1.165) is 18.2 Å². The zero-order chi connectivity index (χ0) is 12.7. The van der Waals surface area contributed by atoms with Gasteiger partial charge in [0.05, 0.1) is 0 Å². The van der Waals surface area contributed by atoms with Gasteiger partial charge in [-0.05, 0) is 37.3 Å². The number of pyridine rings is 1. The second-order valence-corrected chi connectivity index (χ2v) is 5.04. The predicted molar refractivity (Wildman–Crippen MR) is 74.0 cm³/mol. The van der Waals surface area contributed by atoms with Gasteiger partial charge in [0, 0.05) is 24.5 Å². The maximum atomic E-state index is 4.32. The molecule has 0 bridgehead atoms. The molecule has 1 aromatic rings. The van der Waals surface area contributed by atoms with E-state index in [-0.39, 0.29) is 0 Å². The van der Waals surface area contributed by atoms with Crippen molar-refractivity contribution < 1.29 is 0 Å². The third-order valence-corrected chi connectivity index (χ3v) is 3.44. The molecule has 1 heterocycles. The molecule has 2 nitrogen and oxygen atoms in total. The third kappa shape index (κ3) is 5.31. The van der Waals surface area contributed by atoms with Crippen LogP contribution in [-0.2, 0) is 6.54 Å². The van der Waals surface area contributed by atoms with E-state index in [0.29, 0.717) is 6.04 Å². The first-order valence-corrected chi connectivity index (χ1v) is 6.80. The molecule has 1 aromatic heterocycles. The van der Waals surface area contributed by atoms with Crippen molar-refractivity contribution in [3.05, 3.63) is 29.6 Å². The van der Waals surface area contributed by atoms with Crippen molar-refractivity contribution in [1.82, 2.24) is 10.3 Å². The SMILES string of the molecule is CCC(C)CC(CC)NCc1ccc(C)nc1. The second kappa shape index (κ2) is 7.44. The van der Waals surface area contributed by atoms with Crippen molar-refractivity contribution in [3.63, 3.8) is 0 Å². The Morgan fingerprint density at radius 2 is 2.00 bits per heavy atom. The Bertz CT molecular complexity index is 305. The molecular formula is C15H26N2. The molecule has 0 aromatic carbocycles. The zero-order valence-corrected chi connectivity index (χ0v) is 11.7. The molecule has 0 aliphatic carbocycles. The molecule has 17 heavy (non-hydrogen) atoms. The first kappa shape index (κ1) is 14.2. The number of nitrogens with zero attached hydrogens (tertiary/aromatic N) is 1. The van der Waals surface area contributed by atoms with E-state index in [1.165, 1.54) is 24.8 Å². The van der Waals surface area contributed by atoms with Crippen LogP contribution in [0.25, 0.3) is 0 Å². The number of aromatic nitrogens is 1. The Kier molecular flexibility index (Phi) is 6.20. The van der Waals surface area contributed by atoms with Crippen LogP contribution in [0.1, 0.15) is 51.3 Å². The molecule has 0 aliphatic rings. The molecule has 0 spiro atoms. The van der Waals surface area contributed by atoms with Crippen LogP contribution in [0, 0.1) is 12.8 Å². The summed E-state index contributed by atoms with van der Waals surface area (Å²) in [5.74, 6) is 0.809. The highest BCUT2D eigenvalue weighted by Gasteiger charge is 2.09. The Balaban J connectivity index is 2.39. The summed E-state index contributed by atoms with van der Waals surface area (Å²) >= 11 is 0. The Labute approximate surface area is 106 Å². The summed E-state index contributed by atoms with van der Waals surface area (Å²) < 4.78 is 0. The highest BCUT2D eigenvalue weighted by atomic mass is 14.9. The summed E-state index contributed by atoms with van der Waals surface area (Å²) in [5.41, 5.74) is 2.36. The van der Waals surface area contributed by atoms with Crippen molar-refractivity contribution in [1.29, 1.82) is 0 Å². The molecule has 0 fully saturated rings. The van der Waals surface area contributed by atoms with E-state index in [4.69, 9.17) is 0 Å². The van der Waals surface area contributed by atoms with Gasteiger partial charge in [-0.15, -0.1) is 0 Å². The molecule has 0 saturated carbocycles. The lowest BCUT2D eigenvalue weighted by Crippen LogP contribution is -2.29.